The van der Waals surface area contributed by atoms with Crippen molar-refractivity contribution in [3.05, 3.63) is 82.7 Å². The molecule has 0 aliphatic carbocycles. The van der Waals surface area contributed by atoms with Crippen LogP contribution in [0.25, 0.3) is 0 Å². The number of nitrogens with one attached hydrogen (secondary N) is 2. The van der Waals surface area contributed by atoms with Crippen LogP contribution in [0.3, 0.4) is 0 Å². The van der Waals surface area contributed by atoms with E-state index in [9.17, 15) is 9.59 Å². The lowest BCUT2D eigenvalue weighted by molar-refractivity contribution is -0.122. The van der Waals surface area contributed by atoms with E-state index in [1.165, 1.54) is 5.56 Å². The van der Waals surface area contributed by atoms with E-state index in [0.717, 1.165) is 28.2 Å². The minimum absolute atomic E-state index is 0.000349. The third-order valence-electron chi connectivity index (χ3n) is 6.00. The van der Waals surface area contributed by atoms with Crippen molar-refractivity contribution in [1.29, 1.82) is 0 Å². The van der Waals surface area contributed by atoms with Crippen LogP contribution in [0.1, 0.15) is 40.9 Å². The molecule has 1 aliphatic rings. The molecule has 1 unspecified atom stereocenters. The van der Waals surface area contributed by atoms with Gasteiger partial charge < -0.3 is 10.6 Å². The largest absolute Gasteiger partial charge is 0.352 e. The second kappa shape index (κ2) is 9.16. The molecule has 4 rings (SSSR count). The number of rotatable bonds is 7. The van der Waals surface area contributed by atoms with Gasteiger partial charge in [0.1, 0.15) is 0 Å². The number of carbonyl (C=O) groups excluding carboxylic acids is 2. The first-order valence-corrected chi connectivity index (χ1v) is 10.7. The van der Waals surface area contributed by atoms with Crippen molar-refractivity contribution in [3.63, 3.8) is 0 Å². The highest BCUT2D eigenvalue weighted by Gasteiger charge is 2.26. The summed E-state index contributed by atoms with van der Waals surface area (Å²) < 4.78 is 1.98. The van der Waals surface area contributed by atoms with Gasteiger partial charge >= 0.3 is 0 Å². The Morgan fingerprint density at radius 3 is 2.68 bits per heavy atom. The highest BCUT2D eigenvalue weighted by Crippen LogP contribution is 2.27. The van der Waals surface area contributed by atoms with Gasteiger partial charge in [0.05, 0.1) is 12.2 Å². The Bertz CT molecular complexity index is 1090. The number of aromatic nitrogens is 2. The van der Waals surface area contributed by atoms with Crippen LogP contribution in [0, 0.1) is 19.8 Å². The molecule has 6 nitrogen and oxygen atoms in total. The van der Waals surface area contributed by atoms with Crippen molar-refractivity contribution >= 4 is 17.5 Å². The summed E-state index contributed by atoms with van der Waals surface area (Å²) in [5.74, 6) is -0.209. The van der Waals surface area contributed by atoms with Crippen LogP contribution in [0.5, 0.6) is 0 Å². The molecule has 2 amide bonds. The maximum absolute atomic E-state index is 12.5. The minimum atomic E-state index is -0.169. The van der Waals surface area contributed by atoms with E-state index in [-0.39, 0.29) is 17.7 Å². The van der Waals surface area contributed by atoms with Gasteiger partial charge in [-0.2, -0.15) is 5.10 Å². The number of anilines is 1. The lowest BCUT2D eigenvalue weighted by atomic mass is 9.89. The highest BCUT2D eigenvalue weighted by atomic mass is 16.2. The lowest BCUT2D eigenvalue weighted by Crippen LogP contribution is -2.31. The topological polar surface area (TPSA) is 76.0 Å². The zero-order valence-corrected chi connectivity index (χ0v) is 18.0. The summed E-state index contributed by atoms with van der Waals surface area (Å²) in [7, 11) is 0. The van der Waals surface area contributed by atoms with Gasteiger partial charge in [0, 0.05) is 35.8 Å². The molecule has 0 fully saturated rings. The molecule has 2 aromatic carbocycles. The Labute approximate surface area is 182 Å². The van der Waals surface area contributed by atoms with Crippen molar-refractivity contribution in [2.45, 2.75) is 46.2 Å². The quantitative estimate of drug-likeness (QED) is 0.616. The number of benzene rings is 2. The smallest absolute Gasteiger partial charge is 0.227 e. The summed E-state index contributed by atoms with van der Waals surface area (Å²) in [6.07, 6.45) is 1.55. The molecule has 1 aliphatic heterocycles. The Morgan fingerprint density at radius 1 is 1.13 bits per heavy atom. The summed E-state index contributed by atoms with van der Waals surface area (Å²) in [4.78, 5) is 24.8. The summed E-state index contributed by atoms with van der Waals surface area (Å²) in [5, 5.41) is 10.6. The number of para-hydroxylation sites is 1. The van der Waals surface area contributed by atoms with Crippen LogP contribution in [0.15, 0.2) is 54.6 Å². The van der Waals surface area contributed by atoms with E-state index < -0.39 is 0 Å². The first-order chi connectivity index (χ1) is 15.0. The maximum atomic E-state index is 12.5. The number of nitrogens with zero attached hydrogens (tertiary/aromatic N) is 2. The fraction of sp³-hybridized carbons (Fsp3) is 0.320. The Hall–Kier alpha value is -3.41. The van der Waals surface area contributed by atoms with Crippen LogP contribution >= 0.6 is 0 Å². The number of amides is 2. The number of hydrogen-bond donors (Lipinski definition) is 2. The van der Waals surface area contributed by atoms with Crippen molar-refractivity contribution in [1.82, 2.24) is 15.1 Å². The van der Waals surface area contributed by atoms with E-state index in [0.29, 0.717) is 32.4 Å². The van der Waals surface area contributed by atoms with Crippen molar-refractivity contribution in [2.24, 2.45) is 5.92 Å². The lowest BCUT2D eigenvalue weighted by Gasteiger charge is -2.24. The second-order valence-electron chi connectivity index (χ2n) is 8.16. The monoisotopic (exact) mass is 416 g/mol. The van der Waals surface area contributed by atoms with E-state index >= 15 is 0 Å². The van der Waals surface area contributed by atoms with Gasteiger partial charge in [-0.05, 0) is 43.9 Å². The molecule has 2 N–H and O–H groups in total. The van der Waals surface area contributed by atoms with Gasteiger partial charge in [-0.25, -0.2) is 0 Å². The van der Waals surface area contributed by atoms with E-state index in [1.807, 2.05) is 61.0 Å². The average molecular weight is 417 g/mol. The van der Waals surface area contributed by atoms with Crippen LogP contribution in [-0.4, -0.2) is 21.6 Å². The molecule has 3 aromatic rings. The SMILES string of the molecule is Cc1nn(Cc2ccccc2)c(C)c1CNC(=O)CCC1Cc2ccccc2NC1=O. The number of fused-ring (bicyclic) bond motifs is 1. The molecule has 0 bridgehead atoms. The Kier molecular flexibility index (Phi) is 6.16. The molecule has 160 valence electrons. The molecule has 0 spiro atoms. The first-order valence-electron chi connectivity index (χ1n) is 10.7. The standard InChI is InChI=1S/C25H28N4O2/c1-17-22(18(2)29(28-17)16-19-8-4-3-5-9-19)15-26-24(30)13-12-21-14-20-10-6-7-11-23(20)27-25(21)31/h3-11,21H,12-16H2,1-2H3,(H,26,30)(H,27,31). The third kappa shape index (κ3) is 4.85. The molecular formula is C25H28N4O2. The number of hydrogen-bond acceptors (Lipinski definition) is 3. The molecule has 0 radical (unpaired) electrons. The molecule has 0 saturated heterocycles. The van der Waals surface area contributed by atoms with E-state index in [2.05, 4.69) is 27.9 Å². The van der Waals surface area contributed by atoms with Gasteiger partial charge in [-0.15, -0.1) is 0 Å². The molecule has 2 heterocycles. The maximum Gasteiger partial charge on any atom is 0.227 e. The van der Waals surface area contributed by atoms with Crippen molar-refractivity contribution in [3.8, 4) is 0 Å². The fourth-order valence-corrected chi connectivity index (χ4v) is 4.13. The van der Waals surface area contributed by atoms with E-state index in [1.54, 1.807) is 0 Å². The zero-order chi connectivity index (χ0) is 21.8. The predicted molar refractivity (Wildman–Crippen MR) is 121 cm³/mol. The van der Waals surface area contributed by atoms with Crippen LogP contribution in [-0.2, 0) is 29.1 Å². The average Bonchev–Trinajstić information content (AvgIpc) is 3.03. The molecule has 0 saturated carbocycles. The summed E-state index contributed by atoms with van der Waals surface area (Å²) in [5.41, 5.74) is 6.24. The molecule has 31 heavy (non-hydrogen) atoms. The predicted octanol–water partition coefficient (Wildman–Crippen LogP) is 3.76. The van der Waals surface area contributed by atoms with Crippen LogP contribution < -0.4 is 10.6 Å². The summed E-state index contributed by atoms with van der Waals surface area (Å²) >= 11 is 0. The minimum Gasteiger partial charge on any atom is -0.352 e. The summed E-state index contributed by atoms with van der Waals surface area (Å²) in [6.45, 7) is 5.17. The van der Waals surface area contributed by atoms with Gasteiger partial charge in [0.2, 0.25) is 11.8 Å². The zero-order valence-electron chi connectivity index (χ0n) is 18.0. The number of carbonyl (C=O) groups is 2. The van der Waals surface area contributed by atoms with Crippen LogP contribution in [0.4, 0.5) is 5.69 Å². The first kappa shape index (κ1) is 20.8. The third-order valence-corrected chi connectivity index (χ3v) is 6.00. The van der Waals surface area contributed by atoms with Crippen molar-refractivity contribution < 1.29 is 9.59 Å². The van der Waals surface area contributed by atoms with Gasteiger partial charge in [0.15, 0.2) is 0 Å². The number of aryl methyl sites for hydroxylation is 1. The Balaban J connectivity index is 1.31. The highest BCUT2D eigenvalue weighted by molar-refractivity contribution is 5.96. The van der Waals surface area contributed by atoms with Gasteiger partial charge in [-0.3, -0.25) is 14.3 Å². The molecular weight excluding hydrogens is 388 g/mol. The summed E-state index contributed by atoms with van der Waals surface area (Å²) in [6, 6.07) is 18.0. The Morgan fingerprint density at radius 2 is 1.87 bits per heavy atom. The van der Waals surface area contributed by atoms with Gasteiger partial charge in [0.25, 0.3) is 0 Å². The van der Waals surface area contributed by atoms with Gasteiger partial charge in [-0.1, -0.05) is 48.5 Å². The van der Waals surface area contributed by atoms with E-state index in [4.69, 9.17) is 0 Å². The molecule has 6 heteroatoms. The fourth-order valence-electron chi connectivity index (χ4n) is 4.13. The normalized spacial score (nSPS) is 15.3. The van der Waals surface area contributed by atoms with Crippen LogP contribution in [0.2, 0.25) is 0 Å². The second-order valence-corrected chi connectivity index (χ2v) is 8.16. The molecule has 1 atom stereocenters. The van der Waals surface area contributed by atoms with Crippen molar-refractivity contribution in [2.75, 3.05) is 5.32 Å². The molecule has 1 aromatic heterocycles.